The monoisotopic (exact) mass is 602 g/mol. The van der Waals surface area contributed by atoms with Gasteiger partial charge in [0, 0.05) is 42.6 Å². The number of carbonyl (C=O) groups excluding carboxylic acids is 3. The van der Waals surface area contributed by atoms with E-state index in [4.69, 9.17) is 11.6 Å². The van der Waals surface area contributed by atoms with Crippen LogP contribution in [0.1, 0.15) is 51.4 Å². The average Bonchev–Trinajstić information content (AvgIpc) is 3.25. The van der Waals surface area contributed by atoms with E-state index in [1.807, 2.05) is 0 Å². The van der Waals surface area contributed by atoms with E-state index in [-0.39, 0.29) is 46.8 Å². The molecule has 0 fully saturated rings. The van der Waals surface area contributed by atoms with Crippen LogP contribution in [0.2, 0.25) is 5.02 Å². The first-order valence-corrected chi connectivity index (χ1v) is 13.2. The number of alkyl halides is 3. The normalized spacial score (nSPS) is 11.5. The Labute approximate surface area is 243 Å². The maximum atomic E-state index is 13.7. The van der Waals surface area contributed by atoms with Crippen LogP contribution in [0.4, 0.5) is 23.2 Å². The highest BCUT2D eigenvalue weighted by atomic mass is 35.5. The van der Waals surface area contributed by atoms with Gasteiger partial charge < -0.3 is 20.5 Å². The SMILES string of the molecule is CC(C)C(=O)NCc1ccc(Cl)c(C(=O)Nc2ccc3c(c2)cc(C(=O)NCc2cc(F)cc(C(F)(F)F)c2)n3C)c1. The maximum absolute atomic E-state index is 13.7. The molecule has 0 radical (unpaired) electrons. The van der Waals surface area contributed by atoms with Crippen molar-refractivity contribution in [1.82, 2.24) is 15.2 Å². The Morgan fingerprint density at radius 3 is 2.29 bits per heavy atom. The lowest BCUT2D eigenvalue weighted by atomic mass is 10.1. The molecule has 12 heteroatoms. The van der Waals surface area contributed by atoms with Gasteiger partial charge in [0.2, 0.25) is 5.91 Å². The van der Waals surface area contributed by atoms with Crippen molar-refractivity contribution < 1.29 is 31.9 Å². The Morgan fingerprint density at radius 2 is 1.60 bits per heavy atom. The molecule has 0 atom stereocenters. The van der Waals surface area contributed by atoms with E-state index in [1.165, 1.54) is 0 Å². The van der Waals surface area contributed by atoms with Gasteiger partial charge in [-0.1, -0.05) is 31.5 Å². The number of fused-ring (bicyclic) bond motifs is 1. The van der Waals surface area contributed by atoms with Gasteiger partial charge in [0.25, 0.3) is 11.8 Å². The molecule has 0 aliphatic heterocycles. The average molecular weight is 603 g/mol. The molecule has 0 unspecified atom stereocenters. The van der Waals surface area contributed by atoms with Gasteiger partial charge in [0.05, 0.1) is 16.1 Å². The minimum atomic E-state index is -4.72. The second-order valence-electron chi connectivity index (χ2n) is 10.0. The van der Waals surface area contributed by atoms with E-state index in [1.54, 1.807) is 67.9 Å². The molecule has 0 saturated heterocycles. The summed E-state index contributed by atoms with van der Waals surface area (Å²) in [5, 5.41) is 8.93. The van der Waals surface area contributed by atoms with E-state index in [0.29, 0.717) is 28.2 Å². The van der Waals surface area contributed by atoms with Crippen molar-refractivity contribution in [3.63, 3.8) is 0 Å². The number of hydrogen-bond acceptors (Lipinski definition) is 3. The summed E-state index contributed by atoms with van der Waals surface area (Å²) >= 11 is 6.27. The van der Waals surface area contributed by atoms with Crippen LogP contribution in [0.15, 0.2) is 60.7 Å². The zero-order valence-corrected chi connectivity index (χ0v) is 23.6. The van der Waals surface area contributed by atoms with Crippen LogP contribution in [0.5, 0.6) is 0 Å². The van der Waals surface area contributed by atoms with Crippen molar-refractivity contribution in [2.24, 2.45) is 13.0 Å². The molecule has 4 rings (SSSR count). The smallest absolute Gasteiger partial charge is 0.352 e. The molecule has 1 heterocycles. The first kappa shape index (κ1) is 30.6. The quantitative estimate of drug-likeness (QED) is 0.203. The van der Waals surface area contributed by atoms with Crippen LogP contribution in [-0.4, -0.2) is 22.3 Å². The Kier molecular flexibility index (Phi) is 8.91. The van der Waals surface area contributed by atoms with E-state index in [9.17, 15) is 31.9 Å². The highest BCUT2D eigenvalue weighted by Crippen LogP contribution is 2.30. The van der Waals surface area contributed by atoms with Gasteiger partial charge >= 0.3 is 6.18 Å². The van der Waals surface area contributed by atoms with E-state index in [0.717, 1.165) is 12.1 Å². The predicted octanol–water partition coefficient (Wildman–Crippen LogP) is 6.44. The van der Waals surface area contributed by atoms with Crippen molar-refractivity contribution in [3.05, 3.63) is 99.5 Å². The van der Waals surface area contributed by atoms with Crippen molar-refractivity contribution in [1.29, 1.82) is 0 Å². The predicted molar refractivity (Wildman–Crippen MR) is 152 cm³/mol. The summed E-state index contributed by atoms with van der Waals surface area (Å²) in [5.41, 5.74) is 1.03. The van der Waals surface area contributed by atoms with Crippen LogP contribution in [-0.2, 0) is 31.1 Å². The van der Waals surface area contributed by atoms with Crippen LogP contribution >= 0.6 is 11.6 Å². The molecule has 0 spiro atoms. The number of benzene rings is 3. The number of hydrogen-bond donors (Lipinski definition) is 3. The number of aromatic nitrogens is 1. The summed E-state index contributed by atoms with van der Waals surface area (Å²) in [5.74, 6) is -2.41. The lowest BCUT2D eigenvalue weighted by Crippen LogP contribution is -2.27. The van der Waals surface area contributed by atoms with Crippen molar-refractivity contribution in [3.8, 4) is 0 Å². The standard InChI is InChI=1S/C30H27ClF4N4O3/c1-16(2)27(40)36-14-17-4-6-24(31)23(10-17)28(41)38-22-5-7-25-19(11-22)12-26(39(25)3)29(42)37-15-18-8-20(30(33,34)35)13-21(32)9-18/h4-13,16H,14-15H2,1-3H3,(H,36,40)(H,37,42)(H,38,41). The Hall–Kier alpha value is -4.38. The van der Waals surface area contributed by atoms with Crippen LogP contribution in [0.3, 0.4) is 0 Å². The first-order valence-electron chi connectivity index (χ1n) is 12.8. The van der Waals surface area contributed by atoms with Gasteiger partial charge in [0.1, 0.15) is 11.5 Å². The number of aryl methyl sites for hydroxylation is 1. The molecule has 4 aromatic rings. The molecular formula is C30H27ClF4N4O3. The van der Waals surface area contributed by atoms with Crippen LogP contribution in [0.25, 0.3) is 10.9 Å². The van der Waals surface area contributed by atoms with Gasteiger partial charge in [-0.15, -0.1) is 0 Å². The Bertz CT molecular complexity index is 1680. The second kappa shape index (κ2) is 12.2. The van der Waals surface area contributed by atoms with Gasteiger partial charge in [-0.05, 0) is 65.7 Å². The molecule has 220 valence electrons. The second-order valence-corrected chi connectivity index (χ2v) is 10.4. The number of halogens is 5. The van der Waals surface area contributed by atoms with Gasteiger partial charge in [0.15, 0.2) is 0 Å². The number of anilines is 1. The summed E-state index contributed by atoms with van der Waals surface area (Å²) in [6, 6.07) is 13.6. The van der Waals surface area contributed by atoms with E-state index >= 15 is 0 Å². The summed E-state index contributed by atoms with van der Waals surface area (Å²) in [6.45, 7) is 3.47. The van der Waals surface area contributed by atoms with Gasteiger partial charge in [-0.3, -0.25) is 14.4 Å². The van der Waals surface area contributed by atoms with Crippen LogP contribution in [0, 0.1) is 11.7 Å². The minimum absolute atomic E-state index is 0.0375. The van der Waals surface area contributed by atoms with Gasteiger partial charge in [-0.2, -0.15) is 13.2 Å². The molecule has 7 nitrogen and oxygen atoms in total. The molecule has 0 bridgehead atoms. The fraction of sp³-hybridized carbons (Fsp3) is 0.233. The van der Waals surface area contributed by atoms with E-state index in [2.05, 4.69) is 16.0 Å². The highest BCUT2D eigenvalue weighted by Gasteiger charge is 2.31. The zero-order chi connectivity index (χ0) is 30.8. The summed E-state index contributed by atoms with van der Waals surface area (Å²) in [6.07, 6.45) is -4.72. The zero-order valence-electron chi connectivity index (χ0n) is 22.8. The van der Waals surface area contributed by atoms with Crippen molar-refractivity contribution in [2.45, 2.75) is 33.1 Å². The number of carbonyl (C=O) groups is 3. The third-order valence-electron chi connectivity index (χ3n) is 6.54. The summed E-state index contributed by atoms with van der Waals surface area (Å²) < 4.78 is 54.3. The lowest BCUT2D eigenvalue weighted by Gasteiger charge is -2.11. The summed E-state index contributed by atoms with van der Waals surface area (Å²) in [4.78, 5) is 37.8. The fourth-order valence-corrected chi connectivity index (χ4v) is 4.49. The van der Waals surface area contributed by atoms with Crippen molar-refractivity contribution >= 4 is 45.9 Å². The third kappa shape index (κ3) is 7.09. The molecule has 0 saturated carbocycles. The fourth-order valence-electron chi connectivity index (χ4n) is 4.28. The molecule has 3 aromatic carbocycles. The summed E-state index contributed by atoms with van der Waals surface area (Å²) in [7, 11) is 1.64. The third-order valence-corrected chi connectivity index (χ3v) is 6.87. The number of amides is 3. The maximum Gasteiger partial charge on any atom is 0.416 e. The first-order chi connectivity index (χ1) is 19.7. The topological polar surface area (TPSA) is 92.2 Å². The van der Waals surface area contributed by atoms with E-state index < -0.39 is 29.4 Å². The van der Waals surface area contributed by atoms with Crippen molar-refractivity contribution in [2.75, 3.05) is 5.32 Å². The molecule has 0 aliphatic carbocycles. The largest absolute Gasteiger partial charge is 0.416 e. The highest BCUT2D eigenvalue weighted by molar-refractivity contribution is 6.34. The Balaban J connectivity index is 1.48. The molecule has 0 aliphatic rings. The molecule has 3 N–H and O–H groups in total. The molecule has 42 heavy (non-hydrogen) atoms. The number of nitrogens with zero attached hydrogens (tertiary/aromatic N) is 1. The van der Waals surface area contributed by atoms with Gasteiger partial charge in [-0.25, -0.2) is 4.39 Å². The number of rotatable bonds is 8. The number of nitrogens with one attached hydrogen (secondary N) is 3. The molecule has 3 amide bonds. The Morgan fingerprint density at radius 1 is 0.881 bits per heavy atom. The minimum Gasteiger partial charge on any atom is -0.352 e. The lowest BCUT2D eigenvalue weighted by molar-refractivity contribution is -0.137. The molecule has 1 aromatic heterocycles. The van der Waals surface area contributed by atoms with Crippen LogP contribution < -0.4 is 16.0 Å². The molecular weight excluding hydrogens is 576 g/mol.